The lowest BCUT2D eigenvalue weighted by atomic mass is 10.0. The highest BCUT2D eigenvalue weighted by atomic mass is 19.1. The second-order valence-electron chi connectivity index (χ2n) is 6.46. The van der Waals surface area contributed by atoms with Crippen molar-refractivity contribution in [1.82, 2.24) is 4.57 Å². The van der Waals surface area contributed by atoms with Crippen LogP contribution in [0.4, 0.5) is 4.39 Å². The number of ether oxygens (including phenoxy) is 1. The van der Waals surface area contributed by atoms with Crippen LogP contribution in [0.25, 0.3) is 11.1 Å². The normalized spacial score (nSPS) is 11.3. The number of benzene rings is 1. The number of rotatable bonds is 4. The molecule has 122 valence electrons. The molecule has 0 radical (unpaired) electrons. The highest BCUT2D eigenvalue weighted by Crippen LogP contribution is 2.32. The Balaban J connectivity index is 2.65. The van der Waals surface area contributed by atoms with Crippen molar-refractivity contribution in [2.24, 2.45) is 0 Å². The molecule has 0 saturated carbocycles. The maximum Gasteiger partial charge on any atom is 0.356 e. The van der Waals surface area contributed by atoms with E-state index < -0.39 is 11.6 Å². The Hall–Kier alpha value is -2.36. The molecule has 3 nitrogen and oxygen atoms in total. The average Bonchev–Trinajstić information content (AvgIpc) is 2.74. The van der Waals surface area contributed by atoms with Crippen LogP contribution in [-0.4, -0.2) is 16.1 Å². The number of esters is 1. The summed E-state index contributed by atoms with van der Waals surface area (Å²) in [5.41, 5.74) is 1.51. The number of hydrogen-bond donors (Lipinski definition) is 0. The minimum atomic E-state index is -0.624. The fraction of sp³-hybridized carbons (Fsp3) is 0.316. The van der Waals surface area contributed by atoms with Gasteiger partial charge in [-0.05, 0) is 39.3 Å². The van der Waals surface area contributed by atoms with Crippen molar-refractivity contribution in [3.63, 3.8) is 0 Å². The smallest absolute Gasteiger partial charge is 0.356 e. The predicted molar refractivity (Wildman–Crippen MR) is 89.9 cm³/mol. The highest BCUT2D eigenvalue weighted by Gasteiger charge is 2.27. The lowest BCUT2D eigenvalue weighted by molar-refractivity contribution is 0.00593. The molecule has 0 N–H and O–H groups in total. The molecule has 2 rings (SSSR count). The summed E-state index contributed by atoms with van der Waals surface area (Å²) in [5, 5.41) is 0. The number of carbonyl (C=O) groups excluding carboxylic acids is 1. The summed E-state index contributed by atoms with van der Waals surface area (Å²) in [6.07, 6.45) is 3.52. The van der Waals surface area contributed by atoms with E-state index in [2.05, 4.69) is 6.58 Å². The summed E-state index contributed by atoms with van der Waals surface area (Å²) in [6, 6.07) is 6.44. The van der Waals surface area contributed by atoms with Crippen molar-refractivity contribution in [3.8, 4) is 11.1 Å². The molecule has 1 heterocycles. The van der Waals surface area contributed by atoms with Crippen LogP contribution < -0.4 is 0 Å². The largest absolute Gasteiger partial charge is 0.455 e. The third-order valence-corrected chi connectivity index (χ3v) is 3.33. The molecule has 1 aromatic heterocycles. The molecule has 0 saturated heterocycles. The third kappa shape index (κ3) is 3.70. The Morgan fingerprint density at radius 3 is 2.57 bits per heavy atom. The van der Waals surface area contributed by atoms with Crippen molar-refractivity contribution in [2.45, 2.75) is 39.8 Å². The van der Waals surface area contributed by atoms with E-state index in [-0.39, 0.29) is 5.82 Å². The van der Waals surface area contributed by atoms with Gasteiger partial charge in [0.15, 0.2) is 0 Å². The molecule has 0 bridgehead atoms. The summed E-state index contributed by atoms with van der Waals surface area (Å²) in [5.74, 6) is -0.831. The van der Waals surface area contributed by atoms with Gasteiger partial charge in [-0.3, -0.25) is 0 Å². The maximum absolute atomic E-state index is 14.3. The van der Waals surface area contributed by atoms with Gasteiger partial charge in [-0.2, -0.15) is 0 Å². The van der Waals surface area contributed by atoms with Crippen LogP contribution in [0.2, 0.25) is 0 Å². The number of hydrogen-bond acceptors (Lipinski definition) is 2. The molecule has 0 aliphatic carbocycles. The van der Waals surface area contributed by atoms with Crippen molar-refractivity contribution >= 4 is 5.97 Å². The number of halogens is 1. The van der Waals surface area contributed by atoms with Gasteiger partial charge in [0.1, 0.15) is 17.1 Å². The van der Waals surface area contributed by atoms with E-state index in [0.717, 1.165) is 5.56 Å². The van der Waals surface area contributed by atoms with E-state index in [9.17, 15) is 9.18 Å². The first-order valence-corrected chi connectivity index (χ1v) is 7.53. The van der Waals surface area contributed by atoms with Crippen LogP contribution in [0, 0.1) is 12.7 Å². The van der Waals surface area contributed by atoms with Gasteiger partial charge in [0.2, 0.25) is 0 Å². The second-order valence-corrected chi connectivity index (χ2v) is 6.46. The molecule has 0 amide bonds. The highest BCUT2D eigenvalue weighted by molar-refractivity contribution is 5.97. The number of allylic oxidation sites excluding steroid dienone is 1. The molecule has 4 heteroatoms. The number of carbonyl (C=O) groups is 1. The number of aryl methyl sites for hydroxylation is 1. The van der Waals surface area contributed by atoms with Crippen LogP contribution in [0.1, 0.15) is 36.8 Å². The molecule has 1 aromatic carbocycles. The summed E-state index contributed by atoms with van der Waals surface area (Å²) < 4.78 is 21.5. The standard InChI is InChI=1S/C19H22FNO2/c1-6-11-21-12-13(2)16(14-9-7-8-10-15(14)20)17(21)18(22)23-19(3,4)5/h6-10,12H,1,11H2,2-5H3. The summed E-state index contributed by atoms with van der Waals surface area (Å²) >= 11 is 0. The maximum atomic E-state index is 14.3. The first-order chi connectivity index (χ1) is 10.7. The van der Waals surface area contributed by atoms with Crippen LogP contribution in [0.15, 0.2) is 43.1 Å². The molecule has 2 aromatic rings. The average molecular weight is 315 g/mol. The zero-order valence-electron chi connectivity index (χ0n) is 14.0. The Bertz CT molecular complexity index is 738. The molecular formula is C19H22FNO2. The van der Waals surface area contributed by atoms with Gasteiger partial charge in [-0.25, -0.2) is 9.18 Å². The van der Waals surface area contributed by atoms with Crippen molar-refractivity contribution in [2.75, 3.05) is 0 Å². The van der Waals surface area contributed by atoms with Gasteiger partial charge >= 0.3 is 5.97 Å². The van der Waals surface area contributed by atoms with Gasteiger partial charge in [-0.15, -0.1) is 6.58 Å². The van der Waals surface area contributed by atoms with E-state index in [4.69, 9.17) is 4.74 Å². The minimum Gasteiger partial charge on any atom is -0.455 e. The van der Waals surface area contributed by atoms with Crippen LogP contribution in [0.3, 0.4) is 0 Å². The van der Waals surface area contributed by atoms with Crippen molar-refractivity contribution in [1.29, 1.82) is 0 Å². The number of nitrogens with zero attached hydrogens (tertiary/aromatic N) is 1. The van der Waals surface area contributed by atoms with Gasteiger partial charge in [0.05, 0.1) is 0 Å². The molecule has 0 unspecified atom stereocenters. The van der Waals surface area contributed by atoms with Gasteiger partial charge in [-0.1, -0.05) is 24.3 Å². The van der Waals surface area contributed by atoms with E-state index in [0.29, 0.717) is 23.4 Å². The first kappa shape index (κ1) is 17.0. The molecule has 0 fully saturated rings. The van der Waals surface area contributed by atoms with Crippen LogP contribution in [-0.2, 0) is 11.3 Å². The molecule has 0 aliphatic heterocycles. The summed E-state index contributed by atoms with van der Waals surface area (Å²) in [7, 11) is 0. The SMILES string of the molecule is C=CCn1cc(C)c(-c2ccccc2F)c1C(=O)OC(C)(C)C. The molecule has 23 heavy (non-hydrogen) atoms. The Morgan fingerprint density at radius 1 is 1.35 bits per heavy atom. The molecular weight excluding hydrogens is 293 g/mol. The van der Waals surface area contributed by atoms with E-state index in [1.165, 1.54) is 6.07 Å². The Kier molecular flexibility index (Phi) is 4.73. The molecule has 0 aliphatic rings. The zero-order chi connectivity index (χ0) is 17.2. The fourth-order valence-corrected chi connectivity index (χ4v) is 2.53. The monoisotopic (exact) mass is 315 g/mol. The van der Waals surface area contributed by atoms with Crippen LogP contribution in [0.5, 0.6) is 0 Å². The zero-order valence-corrected chi connectivity index (χ0v) is 14.0. The van der Waals surface area contributed by atoms with Crippen molar-refractivity contribution in [3.05, 3.63) is 60.2 Å². The van der Waals surface area contributed by atoms with Gasteiger partial charge in [0.25, 0.3) is 0 Å². The van der Waals surface area contributed by atoms with Crippen LogP contribution >= 0.6 is 0 Å². The van der Waals surface area contributed by atoms with Crippen molar-refractivity contribution < 1.29 is 13.9 Å². The predicted octanol–water partition coefficient (Wildman–Crippen LogP) is 4.74. The topological polar surface area (TPSA) is 31.2 Å². The van der Waals surface area contributed by atoms with Gasteiger partial charge < -0.3 is 9.30 Å². The Morgan fingerprint density at radius 2 is 2.00 bits per heavy atom. The van der Waals surface area contributed by atoms with E-state index in [1.807, 2.05) is 13.1 Å². The minimum absolute atomic E-state index is 0.349. The van der Waals surface area contributed by atoms with E-state index >= 15 is 0 Å². The lowest BCUT2D eigenvalue weighted by Gasteiger charge is -2.21. The molecule has 0 spiro atoms. The summed E-state index contributed by atoms with van der Waals surface area (Å²) in [4.78, 5) is 12.7. The van der Waals surface area contributed by atoms with Gasteiger partial charge in [0, 0.05) is 23.9 Å². The first-order valence-electron chi connectivity index (χ1n) is 7.53. The molecule has 0 atom stereocenters. The quantitative estimate of drug-likeness (QED) is 0.602. The lowest BCUT2D eigenvalue weighted by Crippen LogP contribution is -2.25. The third-order valence-electron chi connectivity index (χ3n) is 3.33. The second kappa shape index (κ2) is 6.41. The number of aromatic nitrogens is 1. The summed E-state index contributed by atoms with van der Waals surface area (Å²) in [6.45, 7) is 11.4. The Labute approximate surface area is 136 Å². The van der Waals surface area contributed by atoms with E-state index in [1.54, 1.807) is 49.6 Å². The fourth-order valence-electron chi connectivity index (χ4n) is 2.53.